The maximum Gasteiger partial charge on any atom is 0.452 e. The van der Waals surface area contributed by atoms with Crippen LogP contribution in [-0.2, 0) is 6.18 Å². The highest BCUT2D eigenvalue weighted by Crippen LogP contribution is 2.32. The molecule has 5 nitrogen and oxygen atoms in total. The van der Waals surface area contributed by atoms with E-state index in [1.807, 2.05) is 0 Å². The van der Waals surface area contributed by atoms with E-state index in [-0.39, 0.29) is 11.3 Å². The molecule has 3 aromatic heterocycles. The zero-order chi connectivity index (χ0) is 15.0. The predicted octanol–water partition coefficient (Wildman–Crippen LogP) is 3.02. The number of hydrogen-bond acceptors (Lipinski definition) is 5. The minimum atomic E-state index is -4.63. The third kappa shape index (κ3) is 2.51. The Morgan fingerprint density at radius 2 is 2.05 bits per heavy atom. The van der Waals surface area contributed by atoms with Gasteiger partial charge in [-0.3, -0.25) is 4.40 Å². The first kappa shape index (κ1) is 14.3. The average Bonchev–Trinajstić information content (AvgIpc) is 2.90. The van der Waals surface area contributed by atoms with E-state index in [1.54, 1.807) is 12.1 Å². The van der Waals surface area contributed by atoms with Crippen molar-refractivity contribution in [1.82, 2.24) is 24.6 Å². The third-order valence-electron chi connectivity index (χ3n) is 2.62. The number of fused-ring (bicyclic) bond motifs is 3. The molecule has 0 bridgehead atoms. The molecule has 110 valence electrons. The quantitative estimate of drug-likeness (QED) is 0.545. The molecule has 3 aromatic rings. The van der Waals surface area contributed by atoms with Gasteiger partial charge in [0, 0.05) is 17.8 Å². The van der Waals surface area contributed by atoms with Crippen LogP contribution in [0, 0.1) is 0 Å². The van der Waals surface area contributed by atoms with Gasteiger partial charge in [0.05, 0.1) is 0 Å². The average molecular weight is 334 g/mol. The lowest BCUT2D eigenvalue weighted by molar-refractivity contribution is -0.145. The number of thioether (sulfide) groups is 1. The topological polar surface area (TPSA) is 56.0 Å². The summed E-state index contributed by atoms with van der Waals surface area (Å²) in [4.78, 5) is 8.25. The molecule has 0 aliphatic rings. The third-order valence-corrected chi connectivity index (χ3v) is 3.99. The monoisotopic (exact) mass is 333 g/mol. The summed E-state index contributed by atoms with van der Waals surface area (Å²) in [6.45, 7) is 0. The van der Waals surface area contributed by atoms with Crippen molar-refractivity contribution >= 4 is 40.2 Å². The normalized spacial score (nSPS) is 12.4. The molecular formula is C11H7ClF3N5S. The molecule has 3 heterocycles. The van der Waals surface area contributed by atoms with Crippen molar-refractivity contribution in [2.24, 2.45) is 0 Å². The molecule has 0 saturated carbocycles. The molecule has 0 radical (unpaired) electrons. The summed E-state index contributed by atoms with van der Waals surface area (Å²) in [5.74, 6) is -0.259. The predicted molar refractivity (Wildman–Crippen MR) is 72.5 cm³/mol. The molecule has 0 aliphatic heterocycles. The van der Waals surface area contributed by atoms with Crippen molar-refractivity contribution in [3.8, 4) is 0 Å². The van der Waals surface area contributed by atoms with Crippen molar-refractivity contribution in [3.63, 3.8) is 0 Å². The Morgan fingerprint density at radius 1 is 1.24 bits per heavy atom. The van der Waals surface area contributed by atoms with Crippen molar-refractivity contribution in [1.29, 1.82) is 0 Å². The van der Waals surface area contributed by atoms with E-state index in [0.717, 1.165) is 4.40 Å². The fourth-order valence-corrected chi connectivity index (χ4v) is 2.77. The van der Waals surface area contributed by atoms with Crippen LogP contribution in [0.25, 0.3) is 16.8 Å². The highest BCUT2D eigenvalue weighted by molar-refractivity contribution is 7.99. The number of halogens is 4. The van der Waals surface area contributed by atoms with Crippen LogP contribution in [0.15, 0.2) is 23.4 Å². The van der Waals surface area contributed by atoms with Gasteiger partial charge in [-0.05, 0) is 12.1 Å². The molecule has 3 rings (SSSR count). The molecule has 0 saturated heterocycles. The summed E-state index contributed by atoms with van der Waals surface area (Å²) in [5, 5.41) is 7.21. The van der Waals surface area contributed by atoms with Gasteiger partial charge in [0.15, 0.2) is 11.3 Å². The zero-order valence-electron chi connectivity index (χ0n) is 10.3. The van der Waals surface area contributed by atoms with Gasteiger partial charge in [0.2, 0.25) is 5.82 Å². The van der Waals surface area contributed by atoms with Gasteiger partial charge >= 0.3 is 6.18 Å². The highest BCUT2D eigenvalue weighted by atomic mass is 35.5. The molecular weight excluding hydrogens is 327 g/mol. The van der Waals surface area contributed by atoms with E-state index in [4.69, 9.17) is 11.6 Å². The molecule has 10 heteroatoms. The van der Waals surface area contributed by atoms with E-state index < -0.39 is 12.0 Å². The Hall–Kier alpha value is -1.61. The van der Waals surface area contributed by atoms with Gasteiger partial charge in [0.1, 0.15) is 10.5 Å². The minimum Gasteiger partial charge on any atom is -0.251 e. The Morgan fingerprint density at radius 3 is 2.76 bits per heavy atom. The van der Waals surface area contributed by atoms with Crippen molar-refractivity contribution in [2.75, 3.05) is 11.6 Å². The van der Waals surface area contributed by atoms with E-state index in [2.05, 4.69) is 20.2 Å². The second-order valence-corrected chi connectivity index (χ2v) is 5.44. The molecule has 0 unspecified atom stereocenters. The summed E-state index contributed by atoms with van der Waals surface area (Å²) < 4.78 is 40.1. The fraction of sp³-hybridized carbons (Fsp3) is 0.273. The number of hydrogen-bond donors (Lipinski definition) is 0. The van der Waals surface area contributed by atoms with Crippen LogP contribution in [0.2, 0.25) is 0 Å². The summed E-state index contributed by atoms with van der Waals surface area (Å²) in [7, 11) is 0. The number of alkyl halides is 4. The van der Waals surface area contributed by atoms with E-state index >= 15 is 0 Å². The van der Waals surface area contributed by atoms with Gasteiger partial charge < -0.3 is 0 Å². The number of rotatable bonds is 3. The smallest absolute Gasteiger partial charge is 0.251 e. The largest absolute Gasteiger partial charge is 0.452 e. The Bertz CT molecular complexity index is 803. The van der Waals surface area contributed by atoms with Crippen LogP contribution in [0.3, 0.4) is 0 Å². The number of pyridine rings is 1. The maximum atomic E-state index is 13.1. The van der Waals surface area contributed by atoms with E-state index in [9.17, 15) is 13.2 Å². The molecule has 0 spiro atoms. The standard InChI is InChI=1S/C11H7ClF3N5S/c12-3-5-21-9-8-18-19-10(11(13,14)15)20(8)7-6(17-9)2-1-4-16-7/h1-2,4H,3,5H2. The lowest BCUT2D eigenvalue weighted by atomic mass is 10.4. The lowest BCUT2D eigenvalue weighted by Crippen LogP contribution is -2.12. The summed E-state index contributed by atoms with van der Waals surface area (Å²) in [6.07, 6.45) is -3.23. The Kier molecular flexibility index (Phi) is 3.62. The van der Waals surface area contributed by atoms with Crippen molar-refractivity contribution < 1.29 is 13.2 Å². The first-order chi connectivity index (χ1) is 10.0. The Labute approximate surface area is 125 Å². The fourth-order valence-electron chi connectivity index (χ4n) is 1.85. The van der Waals surface area contributed by atoms with Gasteiger partial charge in [-0.1, -0.05) is 0 Å². The van der Waals surface area contributed by atoms with Crippen LogP contribution in [0.5, 0.6) is 0 Å². The van der Waals surface area contributed by atoms with E-state index in [0.29, 0.717) is 22.2 Å². The molecule has 0 fully saturated rings. The van der Waals surface area contributed by atoms with Crippen molar-refractivity contribution in [2.45, 2.75) is 11.2 Å². The van der Waals surface area contributed by atoms with Crippen LogP contribution in [-0.4, -0.2) is 36.2 Å². The van der Waals surface area contributed by atoms with Gasteiger partial charge in [0.25, 0.3) is 0 Å². The second-order valence-electron chi connectivity index (χ2n) is 3.98. The van der Waals surface area contributed by atoms with Crippen molar-refractivity contribution in [3.05, 3.63) is 24.2 Å². The number of nitrogens with zero attached hydrogens (tertiary/aromatic N) is 5. The number of aromatic nitrogens is 5. The highest BCUT2D eigenvalue weighted by Gasteiger charge is 2.38. The molecule has 0 amide bonds. The van der Waals surface area contributed by atoms with E-state index in [1.165, 1.54) is 18.0 Å². The van der Waals surface area contributed by atoms with Crippen LogP contribution < -0.4 is 0 Å². The molecule has 21 heavy (non-hydrogen) atoms. The summed E-state index contributed by atoms with van der Waals surface area (Å²) in [6, 6.07) is 3.20. The minimum absolute atomic E-state index is 0.0311. The summed E-state index contributed by atoms with van der Waals surface area (Å²) >= 11 is 6.84. The lowest BCUT2D eigenvalue weighted by Gasteiger charge is -2.08. The van der Waals surface area contributed by atoms with Gasteiger partial charge in [-0.2, -0.15) is 13.2 Å². The molecule has 0 atom stereocenters. The second kappa shape index (κ2) is 5.30. The van der Waals surface area contributed by atoms with Gasteiger partial charge in [-0.15, -0.1) is 33.6 Å². The van der Waals surface area contributed by atoms with Crippen LogP contribution in [0.1, 0.15) is 5.82 Å². The Balaban J connectivity index is 2.36. The van der Waals surface area contributed by atoms with Crippen LogP contribution in [0.4, 0.5) is 13.2 Å². The molecule has 0 aliphatic carbocycles. The SMILES string of the molecule is FC(F)(F)c1nnc2c(SCCCl)nc3cccnc3n12. The van der Waals surface area contributed by atoms with Gasteiger partial charge in [-0.25, -0.2) is 9.97 Å². The first-order valence-corrected chi connectivity index (χ1v) is 7.30. The molecule has 0 N–H and O–H groups in total. The molecule has 0 aromatic carbocycles. The summed E-state index contributed by atoms with van der Waals surface area (Å²) in [5.41, 5.74) is 0.441. The maximum absolute atomic E-state index is 13.1. The first-order valence-electron chi connectivity index (χ1n) is 5.78. The zero-order valence-corrected chi connectivity index (χ0v) is 11.9. The van der Waals surface area contributed by atoms with Crippen LogP contribution >= 0.6 is 23.4 Å².